The summed E-state index contributed by atoms with van der Waals surface area (Å²) in [6.45, 7) is 9.54. The number of aliphatic hydroxyl groups is 1. The molecule has 0 saturated heterocycles. The Morgan fingerprint density at radius 1 is 0.281 bits per heavy atom. The molecule has 0 fully saturated rings. The molecule has 0 aliphatic carbocycles. The van der Waals surface area contributed by atoms with Crippen LogP contribution in [0.3, 0.4) is 0 Å². The first-order chi connectivity index (χ1) is 46.4. The summed E-state index contributed by atoms with van der Waals surface area (Å²) in [7, 11) is -9.91. The average molecular weight is 1410 g/mol. The molecular weight excluding hydrogens is 1260 g/mol. The van der Waals surface area contributed by atoms with Crippen LogP contribution in [0.4, 0.5) is 0 Å². The Bertz CT molecular complexity index is 1860. The predicted molar refractivity (Wildman–Crippen MR) is 391 cm³/mol. The predicted octanol–water partition coefficient (Wildman–Crippen LogP) is 22.7. The van der Waals surface area contributed by atoms with Gasteiger partial charge in [-0.3, -0.25) is 37.3 Å². The van der Waals surface area contributed by atoms with Gasteiger partial charge < -0.3 is 33.8 Å². The van der Waals surface area contributed by atoms with Crippen molar-refractivity contribution in [2.75, 3.05) is 39.6 Å². The highest BCUT2D eigenvalue weighted by Gasteiger charge is 2.30. The van der Waals surface area contributed by atoms with Gasteiger partial charge >= 0.3 is 39.5 Å². The van der Waals surface area contributed by atoms with Gasteiger partial charge in [-0.1, -0.05) is 350 Å². The topological polar surface area (TPSA) is 237 Å². The molecule has 0 aromatic heterocycles. The van der Waals surface area contributed by atoms with E-state index in [0.717, 1.165) is 95.8 Å². The maximum atomic E-state index is 13.1. The Morgan fingerprint density at radius 3 is 0.708 bits per heavy atom. The molecule has 0 aliphatic rings. The monoisotopic (exact) mass is 1410 g/mol. The number of rotatable bonds is 76. The fourth-order valence-corrected chi connectivity index (χ4v) is 13.4. The summed E-state index contributed by atoms with van der Waals surface area (Å²) in [5.74, 6) is -0.632. The molecule has 0 aromatic carbocycles. The molecule has 0 bridgehead atoms. The molecule has 0 rings (SSSR count). The summed E-state index contributed by atoms with van der Waals surface area (Å²) >= 11 is 0. The zero-order valence-electron chi connectivity index (χ0n) is 62.7. The van der Waals surface area contributed by atoms with E-state index in [9.17, 15) is 43.2 Å². The van der Waals surface area contributed by atoms with Gasteiger partial charge in [0.05, 0.1) is 26.4 Å². The van der Waals surface area contributed by atoms with E-state index in [1.165, 1.54) is 218 Å². The van der Waals surface area contributed by atoms with E-state index in [-0.39, 0.29) is 25.7 Å². The van der Waals surface area contributed by atoms with Gasteiger partial charge in [-0.15, -0.1) is 0 Å². The van der Waals surface area contributed by atoms with Crippen molar-refractivity contribution >= 4 is 39.5 Å². The summed E-state index contributed by atoms with van der Waals surface area (Å²) in [6, 6.07) is 0. The Morgan fingerprint density at radius 2 is 0.479 bits per heavy atom. The van der Waals surface area contributed by atoms with Gasteiger partial charge in [0.25, 0.3) is 0 Å². The molecule has 570 valence electrons. The standard InChI is InChI=1S/C77H150O17P2/c1-7-9-11-13-15-17-18-19-20-21-22-23-24-25-26-29-33-37-43-49-55-61-76(81)93-72(65-88-75(80)60-54-48-42-36-32-30-27-28-31-35-39-45-51-57-69(3)4)67-91-95(83,84)89-63-71(78)64-90-96(85,86)92-68-73(66-87-74(79)59-53-47-41-34-16-14-12-10-8-2)94-77(82)62-56-50-44-38-40-46-52-58-70(5)6/h69-73,78H,7-68H2,1-6H3,(H,83,84)(H,85,86)/t71-,72-,73-/m1/s1. The molecule has 0 heterocycles. The molecule has 17 nitrogen and oxygen atoms in total. The number of hydrogen-bond donors (Lipinski definition) is 3. The lowest BCUT2D eigenvalue weighted by atomic mass is 10.0. The molecular formula is C77H150O17P2. The lowest BCUT2D eigenvalue weighted by Gasteiger charge is -2.21. The minimum atomic E-state index is -4.96. The SMILES string of the molecule is CCCCCCCCCCCCCCCCCCCCCCCC(=O)O[C@H](COC(=O)CCCCCCCCCCCCCCCC(C)C)COP(=O)(O)OC[C@@H](O)COP(=O)(O)OC[C@@H](COC(=O)CCCCCCCCCCC)OC(=O)CCCCCCCCCC(C)C. The van der Waals surface area contributed by atoms with Crippen LogP contribution in [0.25, 0.3) is 0 Å². The second-order valence-electron chi connectivity index (χ2n) is 28.7. The highest BCUT2D eigenvalue weighted by molar-refractivity contribution is 7.47. The summed E-state index contributed by atoms with van der Waals surface area (Å²) < 4.78 is 68.5. The number of carbonyl (C=O) groups excluding carboxylic acids is 4. The van der Waals surface area contributed by atoms with E-state index < -0.39 is 97.5 Å². The van der Waals surface area contributed by atoms with Gasteiger partial charge in [0.15, 0.2) is 12.2 Å². The number of aliphatic hydroxyl groups excluding tert-OH is 1. The van der Waals surface area contributed by atoms with E-state index in [2.05, 4.69) is 41.5 Å². The summed E-state index contributed by atoms with van der Waals surface area (Å²) in [4.78, 5) is 72.7. The average Bonchev–Trinajstić information content (AvgIpc) is 1.19. The third kappa shape index (κ3) is 70.5. The first-order valence-corrected chi connectivity index (χ1v) is 43.0. The van der Waals surface area contributed by atoms with Gasteiger partial charge in [-0.25, -0.2) is 9.13 Å². The lowest BCUT2D eigenvalue weighted by molar-refractivity contribution is -0.161. The molecule has 0 spiro atoms. The Hall–Kier alpha value is -1.94. The van der Waals surface area contributed by atoms with Gasteiger partial charge in [0.2, 0.25) is 0 Å². The van der Waals surface area contributed by atoms with Crippen molar-refractivity contribution in [2.24, 2.45) is 11.8 Å². The second-order valence-corrected chi connectivity index (χ2v) is 31.6. The molecule has 2 unspecified atom stereocenters. The molecule has 0 aromatic rings. The smallest absolute Gasteiger partial charge is 0.462 e. The Labute approximate surface area is 588 Å². The fourth-order valence-electron chi connectivity index (χ4n) is 11.8. The molecule has 0 saturated carbocycles. The van der Waals surface area contributed by atoms with Gasteiger partial charge in [-0.05, 0) is 37.5 Å². The third-order valence-corrected chi connectivity index (χ3v) is 19.9. The van der Waals surface area contributed by atoms with Crippen LogP contribution in [0, 0.1) is 11.8 Å². The normalized spacial score (nSPS) is 14.0. The summed E-state index contributed by atoms with van der Waals surface area (Å²) in [6.07, 6.45) is 57.2. The highest BCUT2D eigenvalue weighted by atomic mass is 31.2. The molecule has 96 heavy (non-hydrogen) atoms. The number of ether oxygens (including phenoxy) is 4. The Balaban J connectivity index is 5.18. The number of unbranched alkanes of at least 4 members (excludes halogenated alkanes) is 46. The zero-order chi connectivity index (χ0) is 70.7. The van der Waals surface area contributed by atoms with Crippen molar-refractivity contribution in [3.8, 4) is 0 Å². The van der Waals surface area contributed by atoms with Crippen molar-refractivity contribution in [1.82, 2.24) is 0 Å². The van der Waals surface area contributed by atoms with Crippen LogP contribution < -0.4 is 0 Å². The molecule has 3 N–H and O–H groups in total. The highest BCUT2D eigenvalue weighted by Crippen LogP contribution is 2.45. The van der Waals surface area contributed by atoms with Crippen LogP contribution >= 0.6 is 15.6 Å². The number of phosphoric acid groups is 2. The van der Waals surface area contributed by atoms with Crippen LogP contribution in [0.1, 0.15) is 401 Å². The first-order valence-electron chi connectivity index (χ1n) is 40.0. The van der Waals surface area contributed by atoms with Crippen molar-refractivity contribution in [2.45, 2.75) is 419 Å². The largest absolute Gasteiger partial charge is 0.472 e. The van der Waals surface area contributed by atoms with E-state index >= 15 is 0 Å². The van der Waals surface area contributed by atoms with E-state index in [0.29, 0.717) is 31.6 Å². The fraction of sp³-hybridized carbons (Fsp3) is 0.948. The summed E-state index contributed by atoms with van der Waals surface area (Å²) in [5, 5.41) is 10.6. The minimum Gasteiger partial charge on any atom is -0.462 e. The van der Waals surface area contributed by atoms with Gasteiger partial charge in [0, 0.05) is 25.7 Å². The quantitative estimate of drug-likeness (QED) is 0.0222. The maximum absolute atomic E-state index is 13.1. The van der Waals surface area contributed by atoms with E-state index in [1.54, 1.807) is 0 Å². The summed E-state index contributed by atoms with van der Waals surface area (Å²) in [5.41, 5.74) is 0. The van der Waals surface area contributed by atoms with Crippen LogP contribution in [0.5, 0.6) is 0 Å². The number of carbonyl (C=O) groups is 4. The molecule has 19 heteroatoms. The number of phosphoric ester groups is 2. The molecule has 0 amide bonds. The van der Waals surface area contributed by atoms with Crippen LogP contribution in [-0.4, -0.2) is 96.7 Å². The van der Waals surface area contributed by atoms with Gasteiger partial charge in [-0.2, -0.15) is 0 Å². The second kappa shape index (κ2) is 68.8. The van der Waals surface area contributed by atoms with Crippen LogP contribution in [0.15, 0.2) is 0 Å². The van der Waals surface area contributed by atoms with Crippen molar-refractivity contribution in [3.63, 3.8) is 0 Å². The minimum absolute atomic E-state index is 0.104. The van der Waals surface area contributed by atoms with Crippen LogP contribution in [-0.2, 0) is 65.4 Å². The van der Waals surface area contributed by atoms with Crippen molar-refractivity contribution in [1.29, 1.82) is 0 Å². The van der Waals surface area contributed by atoms with E-state index in [1.807, 2.05) is 0 Å². The van der Waals surface area contributed by atoms with Crippen molar-refractivity contribution in [3.05, 3.63) is 0 Å². The lowest BCUT2D eigenvalue weighted by Crippen LogP contribution is -2.30. The molecule has 0 radical (unpaired) electrons. The molecule has 0 aliphatic heterocycles. The maximum Gasteiger partial charge on any atom is 0.472 e. The van der Waals surface area contributed by atoms with Gasteiger partial charge in [0.1, 0.15) is 19.3 Å². The number of hydrogen-bond acceptors (Lipinski definition) is 15. The van der Waals surface area contributed by atoms with Crippen LogP contribution in [0.2, 0.25) is 0 Å². The number of esters is 4. The first kappa shape index (κ1) is 94.1. The zero-order valence-corrected chi connectivity index (χ0v) is 64.5. The van der Waals surface area contributed by atoms with E-state index in [4.69, 9.17) is 37.0 Å². The van der Waals surface area contributed by atoms with Crippen molar-refractivity contribution < 1.29 is 80.2 Å². The third-order valence-electron chi connectivity index (χ3n) is 18.0. The molecule has 5 atom stereocenters. The Kier molecular flexibility index (Phi) is 67.4.